The van der Waals surface area contributed by atoms with Crippen LogP contribution in [0.1, 0.15) is 10.4 Å². The van der Waals surface area contributed by atoms with Gasteiger partial charge < -0.3 is 14.8 Å². The van der Waals surface area contributed by atoms with Gasteiger partial charge in [0, 0.05) is 43.4 Å². The van der Waals surface area contributed by atoms with Crippen molar-refractivity contribution in [1.82, 2.24) is 19.8 Å². The van der Waals surface area contributed by atoms with E-state index in [1.807, 2.05) is 15.7 Å². The van der Waals surface area contributed by atoms with E-state index in [0.717, 1.165) is 32.6 Å². The van der Waals surface area contributed by atoms with E-state index < -0.39 is 0 Å². The number of thiophene rings is 1. The number of nitrogens with zero attached hydrogens (tertiary/aromatic N) is 3. The number of rotatable bonds is 5. The minimum atomic E-state index is 0.187. The first-order chi connectivity index (χ1) is 9.83. The molecule has 3 heterocycles. The lowest BCUT2D eigenvalue weighted by Gasteiger charge is -2.27. The summed E-state index contributed by atoms with van der Waals surface area (Å²) >= 11 is 1.80. The molecule has 1 aliphatic rings. The third kappa shape index (κ3) is 3.08. The number of amides is 1. The van der Waals surface area contributed by atoms with Gasteiger partial charge in [0.1, 0.15) is 0 Å². The first-order valence-electron chi connectivity index (χ1n) is 6.82. The first kappa shape index (κ1) is 13.3. The average Bonchev–Trinajstić information content (AvgIpc) is 3.13. The molecule has 1 N–H and O–H groups in total. The molecule has 2 aromatic heterocycles. The fourth-order valence-electron chi connectivity index (χ4n) is 2.40. The van der Waals surface area contributed by atoms with Crippen LogP contribution in [0.3, 0.4) is 0 Å². The monoisotopic (exact) mass is 290 g/mol. The molecule has 1 amide bonds. The van der Waals surface area contributed by atoms with Crippen molar-refractivity contribution in [3.63, 3.8) is 0 Å². The quantitative estimate of drug-likeness (QED) is 0.840. The lowest BCUT2D eigenvalue weighted by molar-refractivity contribution is -0.131. The number of nitrogens with one attached hydrogen (secondary N) is 1. The molecule has 0 fully saturated rings. The molecule has 0 spiro atoms. The number of carbonyl (C=O) groups excluding carboxylic acids is 1. The van der Waals surface area contributed by atoms with E-state index in [2.05, 4.69) is 21.7 Å². The second-order valence-corrected chi connectivity index (χ2v) is 5.91. The maximum atomic E-state index is 12.1. The van der Waals surface area contributed by atoms with Crippen LogP contribution < -0.4 is 5.32 Å². The van der Waals surface area contributed by atoms with Gasteiger partial charge in [-0.05, 0) is 23.4 Å². The summed E-state index contributed by atoms with van der Waals surface area (Å²) in [7, 11) is 0. The van der Waals surface area contributed by atoms with Gasteiger partial charge in [0.25, 0.3) is 0 Å². The van der Waals surface area contributed by atoms with Crippen LogP contribution in [0.15, 0.2) is 30.2 Å². The zero-order valence-corrected chi connectivity index (χ0v) is 12.1. The van der Waals surface area contributed by atoms with Crippen LogP contribution in [-0.2, 0) is 24.3 Å². The Morgan fingerprint density at radius 1 is 1.50 bits per heavy atom. The van der Waals surface area contributed by atoms with E-state index in [4.69, 9.17) is 0 Å². The molecule has 0 aromatic carbocycles. The summed E-state index contributed by atoms with van der Waals surface area (Å²) in [6.07, 6.45) is 6.46. The average molecular weight is 290 g/mol. The lowest BCUT2D eigenvalue weighted by atomic mass is 10.1. The Bertz CT molecular complexity index is 564. The molecular weight excluding hydrogens is 272 g/mol. The number of fused-ring (bicyclic) bond motifs is 1. The van der Waals surface area contributed by atoms with E-state index in [9.17, 15) is 4.79 Å². The largest absolute Gasteiger partial charge is 0.337 e. The van der Waals surface area contributed by atoms with Crippen molar-refractivity contribution in [1.29, 1.82) is 0 Å². The summed E-state index contributed by atoms with van der Waals surface area (Å²) in [5.74, 6) is 0.187. The van der Waals surface area contributed by atoms with Crippen molar-refractivity contribution < 1.29 is 4.79 Å². The number of carbonyl (C=O) groups is 1. The fraction of sp³-hybridized carbons (Fsp3) is 0.429. The molecule has 0 saturated heterocycles. The highest BCUT2D eigenvalue weighted by atomic mass is 32.1. The molecule has 0 aliphatic carbocycles. The van der Waals surface area contributed by atoms with Gasteiger partial charge in [-0.1, -0.05) is 0 Å². The molecule has 6 heteroatoms. The molecule has 2 aromatic rings. The SMILES string of the molecule is O=C(CNCCn1ccnc1)N1CCc2sccc2C1. The topological polar surface area (TPSA) is 50.2 Å². The summed E-state index contributed by atoms with van der Waals surface area (Å²) in [5.41, 5.74) is 1.31. The third-order valence-corrected chi connectivity index (χ3v) is 4.57. The normalized spacial score (nSPS) is 14.3. The van der Waals surface area contributed by atoms with Gasteiger partial charge in [0.05, 0.1) is 12.9 Å². The third-order valence-electron chi connectivity index (χ3n) is 3.54. The van der Waals surface area contributed by atoms with Gasteiger partial charge in [-0.15, -0.1) is 11.3 Å². The smallest absolute Gasteiger partial charge is 0.236 e. The molecule has 0 saturated carbocycles. The van der Waals surface area contributed by atoms with Gasteiger partial charge in [0.15, 0.2) is 0 Å². The summed E-state index contributed by atoms with van der Waals surface area (Å²) in [4.78, 5) is 19.5. The highest BCUT2D eigenvalue weighted by molar-refractivity contribution is 7.10. The fourth-order valence-corrected chi connectivity index (χ4v) is 3.29. The molecule has 0 bridgehead atoms. The minimum absolute atomic E-state index is 0.187. The van der Waals surface area contributed by atoms with Crippen LogP contribution in [0, 0.1) is 0 Å². The van der Waals surface area contributed by atoms with Crippen molar-refractivity contribution in [2.75, 3.05) is 19.6 Å². The Labute approximate surface area is 122 Å². The van der Waals surface area contributed by atoms with Gasteiger partial charge in [-0.3, -0.25) is 4.79 Å². The molecule has 0 radical (unpaired) electrons. The number of hydrogen-bond acceptors (Lipinski definition) is 4. The van der Waals surface area contributed by atoms with E-state index in [-0.39, 0.29) is 5.91 Å². The molecule has 1 aliphatic heterocycles. The zero-order chi connectivity index (χ0) is 13.8. The summed E-state index contributed by atoms with van der Waals surface area (Å²) in [6, 6.07) is 2.13. The Morgan fingerprint density at radius 3 is 3.30 bits per heavy atom. The first-order valence-corrected chi connectivity index (χ1v) is 7.70. The summed E-state index contributed by atoms with van der Waals surface area (Å²) in [6.45, 7) is 3.63. The Morgan fingerprint density at radius 2 is 2.45 bits per heavy atom. The molecule has 0 atom stereocenters. The summed E-state index contributed by atoms with van der Waals surface area (Å²) < 4.78 is 2.00. The predicted octanol–water partition coefficient (Wildman–Crippen LogP) is 1.12. The van der Waals surface area contributed by atoms with Gasteiger partial charge in [-0.2, -0.15) is 0 Å². The maximum absolute atomic E-state index is 12.1. The number of imidazole rings is 1. The molecule has 106 valence electrons. The standard InChI is InChI=1S/C14H18N4OS/c19-14(9-15-3-6-17-7-4-16-11-17)18-5-1-13-12(10-18)2-8-20-13/h2,4,7-8,11,15H,1,3,5-6,9-10H2. The summed E-state index contributed by atoms with van der Waals surface area (Å²) in [5, 5.41) is 5.31. The van der Waals surface area contributed by atoms with Crippen LogP contribution >= 0.6 is 11.3 Å². The van der Waals surface area contributed by atoms with Crippen molar-refractivity contribution in [3.05, 3.63) is 40.6 Å². The van der Waals surface area contributed by atoms with E-state index in [1.54, 1.807) is 23.9 Å². The van der Waals surface area contributed by atoms with Crippen LogP contribution in [-0.4, -0.2) is 40.0 Å². The maximum Gasteiger partial charge on any atom is 0.236 e. The second kappa shape index (κ2) is 6.19. The minimum Gasteiger partial charge on any atom is -0.337 e. The Balaban J connectivity index is 1.41. The van der Waals surface area contributed by atoms with Crippen LogP contribution in [0.2, 0.25) is 0 Å². The van der Waals surface area contributed by atoms with Crippen molar-refractivity contribution in [3.8, 4) is 0 Å². The zero-order valence-electron chi connectivity index (χ0n) is 11.3. The number of hydrogen-bond donors (Lipinski definition) is 1. The van der Waals surface area contributed by atoms with Crippen molar-refractivity contribution in [2.45, 2.75) is 19.5 Å². The lowest BCUT2D eigenvalue weighted by Crippen LogP contribution is -2.41. The highest BCUT2D eigenvalue weighted by Crippen LogP contribution is 2.23. The van der Waals surface area contributed by atoms with Gasteiger partial charge in [-0.25, -0.2) is 4.98 Å². The Hall–Kier alpha value is -1.66. The second-order valence-electron chi connectivity index (χ2n) is 4.91. The van der Waals surface area contributed by atoms with E-state index in [1.165, 1.54) is 10.4 Å². The van der Waals surface area contributed by atoms with Crippen LogP contribution in [0.25, 0.3) is 0 Å². The van der Waals surface area contributed by atoms with Crippen molar-refractivity contribution >= 4 is 17.2 Å². The van der Waals surface area contributed by atoms with Crippen LogP contribution in [0.5, 0.6) is 0 Å². The van der Waals surface area contributed by atoms with E-state index >= 15 is 0 Å². The molecule has 3 rings (SSSR count). The molecule has 0 unspecified atom stereocenters. The number of aromatic nitrogens is 2. The predicted molar refractivity (Wildman–Crippen MR) is 78.5 cm³/mol. The Kier molecular flexibility index (Phi) is 4.13. The molecular formula is C14H18N4OS. The van der Waals surface area contributed by atoms with Crippen LogP contribution in [0.4, 0.5) is 0 Å². The van der Waals surface area contributed by atoms with Gasteiger partial charge in [0.2, 0.25) is 5.91 Å². The highest BCUT2D eigenvalue weighted by Gasteiger charge is 2.20. The van der Waals surface area contributed by atoms with E-state index in [0.29, 0.717) is 6.54 Å². The molecule has 20 heavy (non-hydrogen) atoms. The molecule has 5 nitrogen and oxygen atoms in total. The van der Waals surface area contributed by atoms with Crippen molar-refractivity contribution in [2.24, 2.45) is 0 Å². The van der Waals surface area contributed by atoms with Gasteiger partial charge >= 0.3 is 0 Å².